The molecular weight excluding hydrogens is 348 g/mol. The van der Waals surface area contributed by atoms with Crippen molar-refractivity contribution in [3.63, 3.8) is 0 Å². The van der Waals surface area contributed by atoms with Crippen LogP contribution < -0.4 is 5.01 Å². The maximum atomic E-state index is 12.4. The number of anilines is 1. The van der Waals surface area contributed by atoms with Gasteiger partial charge in [0.15, 0.2) is 12.4 Å². The average Bonchev–Trinajstić information content (AvgIpc) is 3.10. The van der Waals surface area contributed by atoms with E-state index in [2.05, 4.69) is 20.6 Å². The number of carbonyl (C=O) groups excluding carboxylic acids is 2. The van der Waals surface area contributed by atoms with Gasteiger partial charge < -0.3 is 4.74 Å². The fourth-order valence-electron chi connectivity index (χ4n) is 2.76. The predicted molar refractivity (Wildman–Crippen MR) is 98.0 cm³/mol. The molecular formula is C18H22N6O3. The van der Waals surface area contributed by atoms with Crippen molar-refractivity contribution in [3.8, 4) is 0 Å². The average molecular weight is 370 g/mol. The Morgan fingerprint density at radius 1 is 1.26 bits per heavy atom. The van der Waals surface area contributed by atoms with Crippen LogP contribution in [0.2, 0.25) is 0 Å². The molecule has 1 aromatic heterocycles. The van der Waals surface area contributed by atoms with Crippen LogP contribution in [-0.2, 0) is 27.5 Å². The third kappa shape index (κ3) is 4.18. The zero-order chi connectivity index (χ0) is 19.4. The van der Waals surface area contributed by atoms with Gasteiger partial charge in [-0.15, -0.1) is 5.10 Å². The molecule has 9 nitrogen and oxygen atoms in total. The van der Waals surface area contributed by atoms with Crippen molar-refractivity contribution in [1.82, 2.24) is 20.2 Å². The number of hydrogen-bond acceptors (Lipinski definition) is 7. The van der Waals surface area contributed by atoms with Gasteiger partial charge in [0.25, 0.3) is 0 Å². The normalized spacial score (nSPS) is 14.3. The maximum absolute atomic E-state index is 12.4. The molecule has 3 rings (SSSR count). The van der Waals surface area contributed by atoms with E-state index in [0.29, 0.717) is 18.1 Å². The second-order valence-electron chi connectivity index (χ2n) is 6.44. The first-order valence-electron chi connectivity index (χ1n) is 8.89. The summed E-state index contributed by atoms with van der Waals surface area (Å²) in [7, 11) is 0. The topological polar surface area (TPSA) is 103 Å². The van der Waals surface area contributed by atoms with Gasteiger partial charge in [-0.25, -0.2) is 9.48 Å². The largest absolute Gasteiger partial charge is 0.453 e. The van der Waals surface area contributed by atoms with Crippen molar-refractivity contribution < 1.29 is 14.3 Å². The molecule has 0 aliphatic carbocycles. The molecule has 2 heterocycles. The molecule has 0 saturated heterocycles. The third-order valence-electron chi connectivity index (χ3n) is 4.23. The molecule has 142 valence electrons. The molecule has 1 aromatic carbocycles. The Hall–Kier alpha value is -3.10. The summed E-state index contributed by atoms with van der Waals surface area (Å²) in [6, 6.07) is 5.77. The van der Waals surface area contributed by atoms with Crippen molar-refractivity contribution in [2.45, 2.75) is 53.2 Å². The number of carbonyl (C=O) groups is 2. The van der Waals surface area contributed by atoms with Gasteiger partial charge in [0.2, 0.25) is 5.91 Å². The number of aromatic nitrogens is 4. The molecule has 0 bridgehead atoms. The van der Waals surface area contributed by atoms with Gasteiger partial charge >= 0.3 is 5.97 Å². The van der Waals surface area contributed by atoms with Gasteiger partial charge in [-0.05, 0) is 47.9 Å². The van der Waals surface area contributed by atoms with Crippen LogP contribution in [0.25, 0.3) is 0 Å². The standard InChI is InChI=1S/C18H22N6O3/c1-4-9-23-16(19-21-22-23)11-27-18(26)14-7-8-17(25)24(20-14)15-10-12(2)5-6-13(15)3/h5-6,10H,4,7-9,11H2,1-3H3. The molecule has 0 saturated carbocycles. The molecule has 0 fully saturated rings. The van der Waals surface area contributed by atoms with Crippen molar-refractivity contribution in [1.29, 1.82) is 0 Å². The fourth-order valence-corrected chi connectivity index (χ4v) is 2.76. The van der Waals surface area contributed by atoms with E-state index in [1.54, 1.807) is 4.68 Å². The second-order valence-corrected chi connectivity index (χ2v) is 6.44. The van der Waals surface area contributed by atoms with Crippen LogP contribution in [0.3, 0.4) is 0 Å². The van der Waals surface area contributed by atoms with Gasteiger partial charge in [-0.2, -0.15) is 10.1 Å². The Morgan fingerprint density at radius 2 is 2.07 bits per heavy atom. The lowest BCUT2D eigenvalue weighted by molar-refractivity contribution is -0.137. The SMILES string of the molecule is CCCn1nnnc1COC(=O)C1=NN(c2cc(C)ccc2C)C(=O)CC1. The molecule has 0 radical (unpaired) electrons. The summed E-state index contributed by atoms with van der Waals surface area (Å²) in [5.41, 5.74) is 2.81. The first-order valence-corrected chi connectivity index (χ1v) is 8.89. The van der Waals surface area contributed by atoms with E-state index in [1.807, 2.05) is 39.0 Å². The summed E-state index contributed by atoms with van der Waals surface area (Å²) in [4.78, 5) is 24.8. The van der Waals surface area contributed by atoms with Crippen LogP contribution in [-0.4, -0.2) is 37.8 Å². The van der Waals surface area contributed by atoms with Crippen molar-refractivity contribution in [2.75, 3.05) is 5.01 Å². The quantitative estimate of drug-likeness (QED) is 0.720. The van der Waals surface area contributed by atoms with Crippen molar-refractivity contribution in [2.24, 2.45) is 5.10 Å². The minimum atomic E-state index is -0.566. The Labute approximate surface area is 157 Å². The molecule has 0 N–H and O–H groups in total. The Morgan fingerprint density at radius 3 is 2.85 bits per heavy atom. The third-order valence-corrected chi connectivity index (χ3v) is 4.23. The number of tetrazole rings is 1. The summed E-state index contributed by atoms with van der Waals surface area (Å²) in [5.74, 6) is -0.236. The Bertz CT molecular complexity index is 889. The number of esters is 1. The van der Waals surface area contributed by atoms with Crippen LogP contribution in [0, 0.1) is 13.8 Å². The molecule has 1 aliphatic heterocycles. The van der Waals surface area contributed by atoms with E-state index in [9.17, 15) is 9.59 Å². The molecule has 0 spiro atoms. The fraction of sp³-hybridized carbons (Fsp3) is 0.444. The minimum absolute atomic E-state index is 0.0394. The summed E-state index contributed by atoms with van der Waals surface area (Å²) in [5, 5.41) is 16.9. The lowest BCUT2D eigenvalue weighted by Crippen LogP contribution is -2.35. The molecule has 27 heavy (non-hydrogen) atoms. The van der Waals surface area contributed by atoms with Gasteiger partial charge in [0.1, 0.15) is 5.71 Å². The number of rotatable bonds is 6. The summed E-state index contributed by atoms with van der Waals surface area (Å²) in [6.07, 6.45) is 1.32. The molecule has 0 unspecified atom stereocenters. The highest BCUT2D eigenvalue weighted by molar-refractivity contribution is 6.38. The predicted octanol–water partition coefficient (Wildman–Crippen LogP) is 1.93. The van der Waals surface area contributed by atoms with E-state index in [4.69, 9.17) is 4.74 Å². The van der Waals surface area contributed by atoms with Gasteiger partial charge in [-0.3, -0.25) is 4.79 Å². The molecule has 0 atom stereocenters. The maximum Gasteiger partial charge on any atom is 0.354 e. The number of amides is 1. The lowest BCUT2D eigenvalue weighted by Gasteiger charge is -2.24. The summed E-state index contributed by atoms with van der Waals surface area (Å²) < 4.78 is 6.91. The van der Waals surface area contributed by atoms with Crippen LogP contribution in [0.5, 0.6) is 0 Å². The zero-order valence-corrected chi connectivity index (χ0v) is 15.7. The zero-order valence-electron chi connectivity index (χ0n) is 15.7. The number of hydrogen-bond donors (Lipinski definition) is 0. The summed E-state index contributed by atoms with van der Waals surface area (Å²) in [6.45, 7) is 6.46. The highest BCUT2D eigenvalue weighted by atomic mass is 16.5. The molecule has 1 amide bonds. The summed E-state index contributed by atoms with van der Waals surface area (Å²) >= 11 is 0. The van der Waals surface area contributed by atoms with Gasteiger partial charge in [0, 0.05) is 19.4 Å². The van der Waals surface area contributed by atoms with Crippen molar-refractivity contribution in [3.05, 3.63) is 35.2 Å². The number of aryl methyl sites for hydroxylation is 3. The molecule has 9 heteroatoms. The van der Waals surface area contributed by atoms with Crippen LogP contribution in [0.15, 0.2) is 23.3 Å². The van der Waals surface area contributed by atoms with E-state index in [0.717, 1.165) is 17.5 Å². The lowest BCUT2D eigenvalue weighted by atomic mass is 10.1. The second kappa shape index (κ2) is 8.07. The molecule has 1 aliphatic rings. The first kappa shape index (κ1) is 18.7. The Balaban J connectivity index is 1.75. The number of ether oxygens (including phenoxy) is 1. The van der Waals surface area contributed by atoms with Gasteiger partial charge in [-0.1, -0.05) is 19.1 Å². The van der Waals surface area contributed by atoms with Crippen molar-refractivity contribution >= 4 is 23.3 Å². The Kier molecular flexibility index (Phi) is 5.58. The number of benzene rings is 1. The van der Waals surface area contributed by atoms with Crippen LogP contribution >= 0.6 is 0 Å². The number of hydrazone groups is 1. The van der Waals surface area contributed by atoms with E-state index >= 15 is 0 Å². The van der Waals surface area contributed by atoms with E-state index in [1.165, 1.54) is 5.01 Å². The van der Waals surface area contributed by atoms with Crippen LogP contribution in [0.4, 0.5) is 5.69 Å². The monoisotopic (exact) mass is 370 g/mol. The first-order chi connectivity index (χ1) is 13.0. The molecule has 2 aromatic rings. The van der Waals surface area contributed by atoms with E-state index in [-0.39, 0.29) is 31.1 Å². The highest BCUT2D eigenvalue weighted by Gasteiger charge is 2.27. The highest BCUT2D eigenvalue weighted by Crippen LogP contribution is 2.25. The smallest absolute Gasteiger partial charge is 0.354 e. The minimum Gasteiger partial charge on any atom is -0.453 e. The number of nitrogens with zero attached hydrogens (tertiary/aromatic N) is 6. The van der Waals surface area contributed by atoms with Gasteiger partial charge in [0.05, 0.1) is 5.69 Å². The van der Waals surface area contributed by atoms with E-state index < -0.39 is 5.97 Å². The van der Waals surface area contributed by atoms with Crippen LogP contribution in [0.1, 0.15) is 43.1 Å².